The number of benzene rings is 1. The maximum Gasteiger partial charge on any atom is 0.122 e. The summed E-state index contributed by atoms with van der Waals surface area (Å²) >= 11 is 0. The predicted molar refractivity (Wildman–Crippen MR) is 63.9 cm³/mol. The summed E-state index contributed by atoms with van der Waals surface area (Å²) in [5, 5.41) is 0. The maximum atomic E-state index is 6.32. The van der Waals surface area contributed by atoms with E-state index in [0.29, 0.717) is 13.2 Å². The van der Waals surface area contributed by atoms with E-state index < -0.39 is 0 Å². The average molecular weight is 221 g/mol. The highest BCUT2D eigenvalue weighted by Crippen LogP contribution is 2.36. The van der Waals surface area contributed by atoms with Crippen LogP contribution < -0.4 is 10.5 Å². The van der Waals surface area contributed by atoms with E-state index in [2.05, 4.69) is 26.8 Å². The van der Waals surface area contributed by atoms with Crippen LogP contribution in [-0.2, 0) is 10.3 Å². The van der Waals surface area contributed by atoms with Gasteiger partial charge in [-0.25, -0.2) is 0 Å². The first-order valence-corrected chi connectivity index (χ1v) is 5.51. The molecule has 0 radical (unpaired) electrons. The highest BCUT2D eigenvalue weighted by atomic mass is 16.5. The van der Waals surface area contributed by atoms with Crippen LogP contribution in [0.15, 0.2) is 6.07 Å². The zero-order valence-electron chi connectivity index (χ0n) is 10.4. The van der Waals surface area contributed by atoms with Gasteiger partial charge < -0.3 is 15.2 Å². The Hall–Kier alpha value is -1.06. The number of rotatable bonds is 2. The fraction of sp³-hybridized carbons (Fsp3) is 0.538. The molecule has 0 atom stereocenters. The molecule has 1 aliphatic rings. The van der Waals surface area contributed by atoms with Crippen molar-refractivity contribution in [1.29, 1.82) is 0 Å². The number of methoxy groups -OCH3 is 1. The van der Waals surface area contributed by atoms with Crippen LogP contribution in [0.3, 0.4) is 0 Å². The third-order valence-electron chi connectivity index (χ3n) is 3.49. The molecule has 2 rings (SSSR count). The van der Waals surface area contributed by atoms with Crippen molar-refractivity contribution in [3.8, 4) is 5.75 Å². The van der Waals surface area contributed by atoms with Crippen molar-refractivity contribution in [1.82, 2.24) is 0 Å². The molecular formula is C13H19NO2. The number of hydrogen-bond donors (Lipinski definition) is 1. The molecule has 0 bridgehead atoms. The van der Waals surface area contributed by atoms with E-state index >= 15 is 0 Å². The van der Waals surface area contributed by atoms with Crippen molar-refractivity contribution < 1.29 is 9.47 Å². The zero-order valence-corrected chi connectivity index (χ0v) is 10.4. The Balaban J connectivity index is 2.58. The van der Waals surface area contributed by atoms with Gasteiger partial charge in [0.2, 0.25) is 0 Å². The Morgan fingerprint density at radius 1 is 1.25 bits per heavy atom. The van der Waals surface area contributed by atoms with Gasteiger partial charge in [0.25, 0.3) is 0 Å². The molecule has 1 aliphatic heterocycles. The van der Waals surface area contributed by atoms with Gasteiger partial charge in [-0.1, -0.05) is 0 Å². The molecule has 16 heavy (non-hydrogen) atoms. The molecule has 1 heterocycles. The number of hydrogen-bond acceptors (Lipinski definition) is 3. The van der Waals surface area contributed by atoms with E-state index in [0.717, 1.165) is 5.75 Å². The SMILES string of the molecule is COc1cc(C)c(C2(N)COC2)c(C)c1C. The van der Waals surface area contributed by atoms with Gasteiger partial charge in [-0.2, -0.15) is 0 Å². The van der Waals surface area contributed by atoms with Crippen LogP contribution >= 0.6 is 0 Å². The van der Waals surface area contributed by atoms with E-state index in [-0.39, 0.29) is 5.54 Å². The maximum absolute atomic E-state index is 6.32. The molecule has 3 nitrogen and oxygen atoms in total. The second-order valence-corrected chi connectivity index (χ2v) is 4.67. The van der Waals surface area contributed by atoms with Crippen molar-refractivity contribution in [2.75, 3.05) is 20.3 Å². The van der Waals surface area contributed by atoms with E-state index in [4.69, 9.17) is 15.2 Å². The molecule has 1 fully saturated rings. The van der Waals surface area contributed by atoms with Crippen LogP contribution in [-0.4, -0.2) is 20.3 Å². The third-order valence-corrected chi connectivity index (χ3v) is 3.49. The van der Waals surface area contributed by atoms with Gasteiger partial charge in [0, 0.05) is 0 Å². The molecule has 0 saturated carbocycles. The van der Waals surface area contributed by atoms with Crippen LogP contribution in [0.5, 0.6) is 5.75 Å². The fourth-order valence-electron chi connectivity index (χ4n) is 2.49. The molecule has 0 unspecified atom stereocenters. The Kier molecular flexibility index (Phi) is 2.68. The molecule has 2 N–H and O–H groups in total. The van der Waals surface area contributed by atoms with Crippen molar-refractivity contribution in [2.24, 2.45) is 5.73 Å². The van der Waals surface area contributed by atoms with Gasteiger partial charge in [-0.3, -0.25) is 0 Å². The second-order valence-electron chi connectivity index (χ2n) is 4.67. The van der Waals surface area contributed by atoms with Gasteiger partial charge in [0.1, 0.15) is 5.75 Å². The average Bonchev–Trinajstić information content (AvgIpc) is 2.21. The van der Waals surface area contributed by atoms with Gasteiger partial charge >= 0.3 is 0 Å². The Morgan fingerprint density at radius 3 is 2.31 bits per heavy atom. The molecule has 0 amide bonds. The standard InChI is InChI=1S/C13H19NO2/c1-8-5-11(15-4)9(2)10(3)12(8)13(14)6-16-7-13/h5H,6-7,14H2,1-4H3. The van der Waals surface area contributed by atoms with Crippen molar-refractivity contribution in [3.63, 3.8) is 0 Å². The van der Waals surface area contributed by atoms with Crippen molar-refractivity contribution in [2.45, 2.75) is 26.3 Å². The quantitative estimate of drug-likeness (QED) is 0.828. The van der Waals surface area contributed by atoms with Gasteiger partial charge in [0.05, 0.1) is 25.9 Å². The normalized spacial score (nSPS) is 18.1. The molecule has 1 aromatic carbocycles. The molecule has 1 aromatic rings. The highest BCUT2D eigenvalue weighted by Gasteiger charge is 2.39. The number of aryl methyl sites for hydroxylation is 1. The van der Waals surface area contributed by atoms with Crippen LogP contribution in [0.1, 0.15) is 22.3 Å². The van der Waals surface area contributed by atoms with Gasteiger partial charge in [-0.05, 0) is 49.1 Å². The first kappa shape index (κ1) is 11.4. The minimum Gasteiger partial charge on any atom is -0.496 e. The molecular weight excluding hydrogens is 202 g/mol. The Morgan fingerprint density at radius 2 is 1.88 bits per heavy atom. The lowest BCUT2D eigenvalue weighted by Crippen LogP contribution is -2.55. The Bertz CT molecular complexity index is 422. The smallest absolute Gasteiger partial charge is 0.122 e. The van der Waals surface area contributed by atoms with E-state index in [1.54, 1.807) is 7.11 Å². The summed E-state index contributed by atoms with van der Waals surface area (Å²) in [6.45, 7) is 7.48. The lowest BCUT2D eigenvalue weighted by atomic mass is 9.81. The molecule has 3 heteroatoms. The van der Waals surface area contributed by atoms with Crippen molar-refractivity contribution >= 4 is 0 Å². The first-order chi connectivity index (χ1) is 7.49. The van der Waals surface area contributed by atoms with Crippen LogP contribution in [0.25, 0.3) is 0 Å². The fourth-order valence-corrected chi connectivity index (χ4v) is 2.49. The molecule has 0 aliphatic carbocycles. The minimum absolute atomic E-state index is 0.300. The second kappa shape index (κ2) is 3.75. The summed E-state index contributed by atoms with van der Waals surface area (Å²) in [4.78, 5) is 0. The summed E-state index contributed by atoms with van der Waals surface area (Å²) in [7, 11) is 1.70. The number of nitrogens with two attached hydrogens (primary N) is 1. The third kappa shape index (κ3) is 1.51. The zero-order chi connectivity index (χ0) is 11.9. The van der Waals surface area contributed by atoms with Gasteiger partial charge in [-0.15, -0.1) is 0 Å². The lowest BCUT2D eigenvalue weighted by molar-refractivity contribution is -0.0575. The summed E-state index contributed by atoms with van der Waals surface area (Å²) < 4.78 is 10.6. The Labute approximate surface area is 96.5 Å². The van der Waals surface area contributed by atoms with E-state index in [1.165, 1.54) is 22.3 Å². The topological polar surface area (TPSA) is 44.5 Å². The van der Waals surface area contributed by atoms with Crippen LogP contribution in [0.2, 0.25) is 0 Å². The molecule has 1 saturated heterocycles. The lowest BCUT2D eigenvalue weighted by Gasteiger charge is -2.40. The largest absolute Gasteiger partial charge is 0.496 e. The summed E-state index contributed by atoms with van der Waals surface area (Å²) in [6, 6.07) is 2.06. The van der Waals surface area contributed by atoms with Crippen molar-refractivity contribution in [3.05, 3.63) is 28.3 Å². The first-order valence-electron chi connectivity index (χ1n) is 5.51. The molecule has 0 aromatic heterocycles. The molecule has 0 spiro atoms. The van der Waals surface area contributed by atoms with E-state index in [1.807, 2.05) is 0 Å². The minimum atomic E-state index is -0.300. The molecule has 88 valence electrons. The number of ether oxygens (including phenoxy) is 2. The summed E-state index contributed by atoms with van der Waals surface area (Å²) in [5.41, 5.74) is 10.8. The summed E-state index contributed by atoms with van der Waals surface area (Å²) in [5.74, 6) is 0.933. The highest BCUT2D eigenvalue weighted by molar-refractivity contribution is 5.51. The van der Waals surface area contributed by atoms with E-state index in [9.17, 15) is 0 Å². The predicted octanol–water partition coefficient (Wildman–Crippen LogP) is 1.80. The summed E-state index contributed by atoms with van der Waals surface area (Å²) in [6.07, 6.45) is 0. The van der Waals surface area contributed by atoms with Gasteiger partial charge in [0.15, 0.2) is 0 Å². The monoisotopic (exact) mass is 221 g/mol. The van der Waals surface area contributed by atoms with Crippen LogP contribution in [0, 0.1) is 20.8 Å². The van der Waals surface area contributed by atoms with Crippen LogP contribution in [0.4, 0.5) is 0 Å².